The molecule has 1 N–H and O–H groups in total. The lowest BCUT2D eigenvalue weighted by Gasteiger charge is -2.24. The molecule has 9 heteroatoms. The monoisotopic (exact) mass is 653 g/mol. The zero-order valence-corrected chi connectivity index (χ0v) is 28.6. The molecule has 0 atom stereocenters. The van der Waals surface area contributed by atoms with Gasteiger partial charge in [-0.2, -0.15) is 0 Å². The molecule has 9 nitrogen and oxygen atoms in total. The molecule has 0 saturated carbocycles. The third kappa shape index (κ3) is 10.0. The molecule has 4 aromatic rings. The van der Waals surface area contributed by atoms with Gasteiger partial charge < -0.3 is 24.3 Å². The first kappa shape index (κ1) is 35.9. The number of nitrogens with one attached hydrogen (secondary N) is 1. The molecule has 3 aromatic carbocycles. The lowest BCUT2D eigenvalue weighted by atomic mass is 10.1. The summed E-state index contributed by atoms with van der Waals surface area (Å²) in [5, 5.41) is 3.76. The van der Waals surface area contributed by atoms with Crippen LogP contribution in [0.4, 0.5) is 5.69 Å². The first-order valence-corrected chi connectivity index (χ1v) is 16.9. The highest BCUT2D eigenvalue weighted by molar-refractivity contribution is 6.10. The van der Waals surface area contributed by atoms with Crippen molar-refractivity contribution in [2.45, 2.75) is 85.6 Å². The maximum Gasteiger partial charge on any atom is 0.308 e. The number of aromatic nitrogens is 1. The Morgan fingerprint density at radius 1 is 0.750 bits per heavy atom. The third-order valence-corrected chi connectivity index (χ3v) is 8.13. The van der Waals surface area contributed by atoms with Gasteiger partial charge in [0.25, 0.3) is 0 Å². The van der Waals surface area contributed by atoms with Gasteiger partial charge in [0, 0.05) is 57.8 Å². The number of rotatable bonds is 17. The van der Waals surface area contributed by atoms with Gasteiger partial charge in [0.05, 0.1) is 16.9 Å². The van der Waals surface area contributed by atoms with Gasteiger partial charge in [0.1, 0.15) is 11.5 Å². The Kier molecular flexibility index (Phi) is 13.4. The van der Waals surface area contributed by atoms with Crippen LogP contribution in [0.25, 0.3) is 22.2 Å². The first-order chi connectivity index (χ1) is 23.2. The predicted molar refractivity (Wildman–Crippen MR) is 189 cm³/mol. The summed E-state index contributed by atoms with van der Waals surface area (Å²) in [5.74, 6) is -0.00200. The van der Waals surface area contributed by atoms with Crippen molar-refractivity contribution in [2.75, 3.05) is 18.0 Å². The number of nitrogens with zero attached hydrogens (tertiary/aromatic N) is 2. The van der Waals surface area contributed by atoms with Crippen molar-refractivity contribution in [3.63, 3.8) is 0 Å². The van der Waals surface area contributed by atoms with E-state index in [-0.39, 0.29) is 11.8 Å². The molecule has 0 fully saturated rings. The van der Waals surface area contributed by atoms with E-state index in [1.165, 1.54) is 13.8 Å². The third-order valence-electron chi connectivity index (χ3n) is 8.13. The minimum atomic E-state index is -0.428. The van der Waals surface area contributed by atoms with E-state index in [1.807, 2.05) is 47.4 Å². The lowest BCUT2D eigenvalue weighted by Crippen LogP contribution is -2.30. The number of carbonyl (C=O) groups excluding carboxylic acids is 4. The zero-order chi connectivity index (χ0) is 34.5. The molecule has 1 aromatic heterocycles. The van der Waals surface area contributed by atoms with Gasteiger partial charge in [0.15, 0.2) is 0 Å². The average Bonchev–Trinajstić information content (AvgIpc) is 3.35. The molecule has 0 radical (unpaired) electrons. The van der Waals surface area contributed by atoms with Crippen LogP contribution in [0.2, 0.25) is 0 Å². The highest BCUT2D eigenvalue weighted by Gasteiger charge is 2.26. The molecule has 0 aliphatic rings. The van der Waals surface area contributed by atoms with Crippen LogP contribution in [0.3, 0.4) is 0 Å². The fraction of sp³-hybridized carbons (Fsp3) is 0.385. The Morgan fingerprint density at radius 3 is 2.06 bits per heavy atom. The topological polar surface area (TPSA) is 107 Å². The molecule has 0 spiro atoms. The van der Waals surface area contributed by atoms with Crippen molar-refractivity contribution >= 4 is 40.3 Å². The molecule has 0 aliphatic carbocycles. The number of unbranched alkanes of at least 4 members (excludes halogenated alkanes) is 5. The second-order valence-corrected chi connectivity index (χ2v) is 12.1. The van der Waals surface area contributed by atoms with E-state index in [0.29, 0.717) is 31.0 Å². The smallest absolute Gasteiger partial charge is 0.308 e. The maximum atomic E-state index is 13.5. The summed E-state index contributed by atoms with van der Waals surface area (Å²) in [4.78, 5) is 50.8. The summed E-state index contributed by atoms with van der Waals surface area (Å²) < 4.78 is 13.0. The van der Waals surface area contributed by atoms with Crippen LogP contribution < -0.4 is 19.7 Å². The fourth-order valence-corrected chi connectivity index (χ4v) is 5.89. The second kappa shape index (κ2) is 17.8. The summed E-state index contributed by atoms with van der Waals surface area (Å²) >= 11 is 0. The summed E-state index contributed by atoms with van der Waals surface area (Å²) in [5.41, 5.74) is 4.35. The van der Waals surface area contributed by atoms with Crippen molar-refractivity contribution in [1.29, 1.82) is 0 Å². The highest BCUT2D eigenvalue weighted by atomic mass is 16.5. The van der Waals surface area contributed by atoms with Crippen LogP contribution in [0.5, 0.6) is 11.5 Å². The van der Waals surface area contributed by atoms with Crippen molar-refractivity contribution < 1.29 is 28.7 Å². The molecule has 4 rings (SSSR count). The Morgan fingerprint density at radius 2 is 1.40 bits per heavy atom. The molecule has 48 heavy (non-hydrogen) atoms. The predicted octanol–water partition coefficient (Wildman–Crippen LogP) is 7.82. The van der Waals surface area contributed by atoms with E-state index in [4.69, 9.17) is 9.47 Å². The van der Waals surface area contributed by atoms with E-state index in [0.717, 1.165) is 84.9 Å². The molecule has 254 valence electrons. The Labute approximate surface area is 283 Å². The summed E-state index contributed by atoms with van der Waals surface area (Å²) in [6.07, 6.45) is 7.03. The summed E-state index contributed by atoms with van der Waals surface area (Å²) in [6, 6.07) is 22.9. The van der Waals surface area contributed by atoms with E-state index in [9.17, 15) is 19.2 Å². The molecule has 1 heterocycles. The number of amides is 2. The van der Waals surface area contributed by atoms with Crippen LogP contribution >= 0.6 is 0 Å². The second-order valence-electron chi connectivity index (χ2n) is 12.1. The van der Waals surface area contributed by atoms with Crippen LogP contribution in [0.15, 0.2) is 72.8 Å². The number of hydrogen-bond acceptors (Lipinski definition) is 6. The van der Waals surface area contributed by atoms with Crippen LogP contribution in [0, 0.1) is 0 Å². The van der Waals surface area contributed by atoms with Crippen LogP contribution in [-0.2, 0) is 25.7 Å². The Bertz CT molecular complexity index is 1690. The van der Waals surface area contributed by atoms with Gasteiger partial charge in [-0.05, 0) is 67.3 Å². The number of esters is 2. The fourth-order valence-electron chi connectivity index (χ4n) is 5.89. The van der Waals surface area contributed by atoms with E-state index in [2.05, 4.69) is 28.9 Å². The minimum absolute atomic E-state index is 0.104. The van der Waals surface area contributed by atoms with E-state index < -0.39 is 11.9 Å². The van der Waals surface area contributed by atoms with E-state index >= 15 is 0 Å². The molecule has 0 saturated heterocycles. The Hall–Kier alpha value is -4.92. The summed E-state index contributed by atoms with van der Waals surface area (Å²) in [6.45, 7) is 8.16. The van der Waals surface area contributed by atoms with E-state index in [1.54, 1.807) is 25.1 Å². The quantitative estimate of drug-likeness (QED) is 0.0708. The zero-order valence-electron chi connectivity index (χ0n) is 28.6. The van der Waals surface area contributed by atoms with Crippen LogP contribution in [-0.4, -0.2) is 41.4 Å². The summed E-state index contributed by atoms with van der Waals surface area (Å²) in [7, 11) is 0. The van der Waals surface area contributed by atoms with Gasteiger partial charge >= 0.3 is 11.9 Å². The molecule has 2 amide bonds. The lowest BCUT2D eigenvalue weighted by molar-refractivity contribution is -0.132. The van der Waals surface area contributed by atoms with Gasteiger partial charge in [-0.3, -0.25) is 19.2 Å². The van der Waals surface area contributed by atoms with Gasteiger partial charge in [-0.1, -0.05) is 62.9 Å². The van der Waals surface area contributed by atoms with Crippen molar-refractivity contribution in [3.05, 3.63) is 78.4 Å². The normalized spacial score (nSPS) is 10.9. The van der Waals surface area contributed by atoms with Gasteiger partial charge in [-0.25, -0.2) is 0 Å². The van der Waals surface area contributed by atoms with Crippen molar-refractivity contribution in [3.8, 4) is 22.8 Å². The number of hydrogen-bond donors (Lipinski definition) is 1. The number of carbonyl (C=O) groups is 4. The largest absolute Gasteiger partial charge is 0.427 e. The van der Waals surface area contributed by atoms with Gasteiger partial charge in [-0.15, -0.1) is 0 Å². The van der Waals surface area contributed by atoms with Gasteiger partial charge in [0.2, 0.25) is 11.8 Å². The maximum absolute atomic E-state index is 13.5. The molecular formula is C39H47N3O6. The molecule has 0 bridgehead atoms. The van der Waals surface area contributed by atoms with Crippen molar-refractivity contribution in [2.24, 2.45) is 0 Å². The minimum Gasteiger partial charge on any atom is -0.427 e. The number of fused-ring (bicyclic) bond motifs is 1. The SMILES string of the molecule is CCCCNC(=O)CCCCCCCN(C(C)=O)c1c(-c2ccc(OC(C)=O)cc2)n(Cc2ccccc2)c2ccc(OC(C)=O)cc12. The molecule has 0 aliphatic heterocycles. The standard InChI is InChI=1S/C39H47N3O6/c1-5-6-24-40-37(46)17-13-8-7-9-14-25-41(28(2)43)39-35-26-34(48-30(4)45)22-23-36(35)42(27-31-15-11-10-12-16-31)38(39)32-18-20-33(21-19-32)47-29(3)44/h10-12,15-16,18-23,26H,5-9,13-14,17,24-25,27H2,1-4H3,(H,40,46). The highest BCUT2D eigenvalue weighted by Crippen LogP contribution is 2.43. The average molecular weight is 654 g/mol. The number of ether oxygens (including phenoxy) is 2. The molecule has 0 unspecified atom stereocenters. The first-order valence-electron chi connectivity index (χ1n) is 16.9. The number of anilines is 1. The number of benzene rings is 3. The molecular weight excluding hydrogens is 606 g/mol. The van der Waals surface area contributed by atoms with Crippen molar-refractivity contribution in [1.82, 2.24) is 9.88 Å². The Balaban J connectivity index is 1.69. The van der Waals surface area contributed by atoms with Crippen LogP contribution in [0.1, 0.15) is 84.6 Å².